The van der Waals surface area contributed by atoms with Gasteiger partial charge < -0.3 is 35.4 Å². The average Bonchev–Trinajstić information content (AvgIpc) is 3.83. The van der Waals surface area contributed by atoms with Crippen molar-refractivity contribution in [1.82, 2.24) is 30.7 Å². The normalized spacial score (nSPS) is 27.0. The molecule has 0 unspecified atom stereocenters. The number of carbonyl (C=O) groups excluding carboxylic acids is 7. The van der Waals surface area contributed by atoms with Gasteiger partial charge in [0.25, 0.3) is 0 Å². The van der Waals surface area contributed by atoms with E-state index in [-0.39, 0.29) is 37.8 Å². The molecular weight excluding hydrogens is 728 g/mol. The molecule has 4 saturated heterocycles. The lowest BCUT2D eigenvalue weighted by molar-refractivity contribution is -0.158. The molecule has 2 aromatic carbocycles. The Bertz CT molecular complexity index is 1790. The van der Waals surface area contributed by atoms with Crippen molar-refractivity contribution in [2.45, 2.75) is 101 Å². The van der Waals surface area contributed by atoms with E-state index < -0.39 is 78.4 Å². The molecule has 15 heteroatoms. The molecule has 6 amide bonds. The number of hydrogen-bond acceptors (Lipinski definition) is 8. The fourth-order valence-electron chi connectivity index (χ4n) is 8.11. The first-order chi connectivity index (χ1) is 26.4. The zero-order valence-electron chi connectivity index (χ0n) is 31.2. The summed E-state index contributed by atoms with van der Waals surface area (Å²) >= 11 is 6.31. The molecule has 7 atom stereocenters. The molecule has 4 aliphatic rings. The van der Waals surface area contributed by atoms with E-state index in [1.54, 1.807) is 43.3 Å². The van der Waals surface area contributed by atoms with Gasteiger partial charge in [-0.05, 0) is 68.6 Å². The Morgan fingerprint density at radius 2 is 1.53 bits per heavy atom. The summed E-state index contributed by atoms with van der Waals surface area (Å²) in [5, 5.41) is 8.74. The smallest absolute Gasteiger partial charge is 0.328 e. The van der Waals surface area contributed by atoms with Crippen LogP contribution >= 0.6 is 11.6 Å². The van der Waals surface area contributed by atoms with Crippen LogP contribution in [0.3, 0.4) is 0 Å². The predicted octanol–water partition coefficient (Wildman–Crippen LogP) is 1.77. The van der Waals surface area contributed by atoms with Gasteiger partial charge in [0.2, 0.25) is 35.4 Å². The summed E-state index contributed by atoms with van der Waals surface area (Å²) in [6, 6.07) is 9.69. The second-order valence-corrected chi connectivity index (χ2v) is 15.5. The summed E-state index contributed by atoms with van der Waals surface area (Å²) in [5.74, 6) is -3.92. The van der Waals surface area contributed by atoms with E-state index in [4.69, 9.17) is 16.3 Å². The maximum atomic E-state index is 14.5. The molecule has 55 heavy (non-hydrogen) atoms. The molecule has 0 saturated carbocycles. The van der Waals surface area contributed by atoms with Gasteiger partial charge in [0.1, 0.15) is 42.9 Å². The quantitative estimate of drug-likeness (QED) is 0.357. The van der Waals surface area contributed by atoms with Crippen LogP contribution in [0.2, 0.25) is 5.02 Å². The predicted molar refractivity (Wildman–Crippen MR) is 201 cm³/mol. The van der Waals surface area contributed by atoms with E-state index in [0.29, 0.717) is 55.7 Å². The number of fused-ring (bicyclic) bond motifs is 3. The van der Waals surface area contributed by atoms with Crippen molar-refractivity contribution in [3.63, 3.8) is 0 Å². The van der Waals surface area contributed by atoms with E-state index in [1.807, 2.05) is 25.1 Å². The third-order valence-electron chi connectivity index (χ3n) is 11.0. The number of amides is 6. The fourth-order valence-corrected chi connectivity index (χ4v) is 8.31. The Morgan fingerprint density at radius 3 is 2.29 bits per heavy atom. The molecular formula is C40H49ClN6O8. The molecule has 2 aromatic rings. The molecule has 0 radical (unpaired) electrons. The van der Waals surface area contributed by atoms with E-state index in [9.17, 15) is 33.6 Å². The summed E-state index contributed by atoms with van der Waals surface area (Å²) in [4.78, 5) is 102. The Morgan fingerprint density at radius 1 is 0.836 bits per heavy atom. The molecule has 0 bridgehead atoms. The molecule has 6 rings (SSSR count). The molecule has 0 aliphatic carbocycles. The van der Waals surface area contributed by atoms with Crippen molar-refractivity contribution < 1.29 is 38.3 Å². The van der Waals surface area contributed by atoms with Gasteiger partial charge in [0, 0.05) is 31.1 Å². The summed E-state index contributed by atoms with van der Waals surface area (Å²) in [6.07, 6.45) is 2.93. The third-order valence-corrected chi connectivity index (χ3v) is 11.3. The van der Waals surface area contributed by atoms with Gasteiger partial charge in [-0.2, -0.15) is 0 Å². The minimum absolute atomic E-state index is 0.0476. The number of benzene rings is 2. The van der Waals surface area contributed by atoms with Crippen LogP contribution in [0.5, 0.6) is 0 Å². The number of rotatable bonds is 7. The molecule has 14 nitrogen and oxygen atoms in total. The number of ether oxygens (including phenoxy) is 1. The SMILES string of the molecule is C[C@@H]1C[C@H]2C(=O)OC[C@H](NC(=O)[C@H](Cc3ccccc3)NC(=O)Cc3ccccc3Cl)C(=O)N3CCC[C@H]3C(=O)N3CCCC[C@H]3C(=O)N[C@@H](C)C(=O)N2C1. The summed E-state index contributed by atoms with van der Waals surface area (Å²) < 4.78 is 5.75. The topological polar surface area (TPSA) is 175 Å². The first kappa shape index (κ1) is 39.7. The van der Waals surface area contributed by atoms with Gasteiger partial charge in [-0.1, -0.05) is 67.1 Å². The van der Waals surface area contributed by atoms with Crippen molar-refractivity contribution in [3.05, 3.63) is 70.7 Å². The first-order valence-electron chi connectivity index (χ1n) is 19.2. The van der Waals surface area contributed by atoms with E-state index in [1.165, 1.54) is 14.7 Å². The Balaban J connectivity index is 1.30. The number of carbonyl (C=O) groups is 7. The first-order valence-corrected chi connectivity index (χ1v) is 19.5. The van der Waals surface area contributed by atoms with Crippen LogP contribution in [0.15, 0.2) is 54.6 Å². The Labute approximate surface area is 325 Å². The van der Waals surface area contributed by atoms with Gasteiger partial charge in [-0.25, -0.2) is 4.79 Å². The highest BCUT2D eigenvalue weighted by atomic mass is 35.5. The van der Waals surface area contributed by atoms with Gasteiger partial charge in [0.15, 0.2) is 0 Å². The van der Waals surface area contributed by atoms with Crippen LogP contribution in [0.25, 0.3) is 0 Å². The van der Waals surface area contributed by atoms with Crippen LogP contribution in [-0.4, -0.2) is 119 Å². The summed E-state index contributed by atoms with van der Waals surface area (Å²) in [7, 11) is 0. The van der Waals surface area contributed by atoms with E-state index in [0.717, 1.165) is 5.56 Å². The summed E-state index contributed by atoms with van der Waals surface area (Å²) in [5.41, 5.74) is 1.32. The highest BCUT2D eigenvalue weighted by Gasteiger charge is 2.46. The lowest BCUT2D eigenvalue weighted by Crippen LogP contribution is -2.62. The van der Waals surface area contributed by atoms with Crippen molar-refractivity contribution in [3.8, 4) is 0 Å². The van der Waals surface area contributed by atoms with Crippen LogP contribution in [0, 0.1) is 5.92 Å². The van der Waals surface area contributed by atoms with Crippen LogP contribution in [0.4, 0.5) is 0 Å². The molecule has 4 fully saturated rings. The molecule has 294 valence electrons. The minimum atomic E-state index is -1.43. The van der Waals surface area contributed by atoms with Crippen LogP contribution in [0.1, 0.15) is 63.5 Å². The van der Waals surface area contributed by atoms with Gasteiger partial charge in [0.05, 0.1) is 6.42 Å². The standard InChI is InChI=1S/C40H49ClN6O8/c1-24-19-33-40(54)55-23-30(44-35(49)29(20-26-11-4-3-5-12-26)43-34(48)21-27-13-6-7-14-28(27)41)38(52)46-18-10-16-32(46)39(53)45-17-9-8-15-31(45)36(50)42-25(2)37(51)47(33)22-24/h3-7,11-14,24-25,29-33H,8-10,15-23H2,1-2H3,(H,42,50)(H,43,48)(H,44,49)/t24-,25+,29+,30+,31+,32+,33+/m1/s1. The highest BCUT2D eigenvalue weighted by Crippen LogP contribution is 2.28. The molecule has 4 heterocycles. The zero-order chi connectivity index (χ0) is 39.2. The lowest BCUT2D eigenvalue weighted by atomic mass is 9.99. The monoisotopic (exact) mass is 776 g/mol. The average molecular weight is 777 g/mol. The molecule has 3 N–H and O–H groups in total. The third kappa shape index (κ3) is 9.29. The second-order valence-electron chi connectivity index (χ2n) is 15.1. The number of nitrogens with one attached hydrogen (secondary N) is 3. The van der Waals surface area contributed by atoms with E-state index in [2.05, 4.69) is 16.0 Å². The molecule has 0 aromatic heterocycles. The van der Waals surface area contributed by atoms with Gasteiger partial charge in [-0.15, -0.1) is 0 Å². The van der Waals surface area contributed by atoms with Crippen LogP contribution < -0.4 is 16.0 Å². The minimum Gasteiger partial charge on any atom is -0.461 e. The van der Waals surface area contributed by atoms with Crippen molar-refractivity contribution >= 4 is 53.0 Å². The maximum Gasteiger partial charge on any atom is 0.328 e. The van der Waals surface area contributed by atoms with Gasteiger partial charge in [-0.3, -0.25) is 28.8 Å². The zero-order valence-corrected chi connectivity index (χ0v) is 32.0. The van der Waals surface area contributed by atoms with Crippen molar-refractivity contribution in [2.75, 3.05) is 26.2 Å². The number of piperidine rings is 1. The molecule has 0 spiro atoms. The van der Waals surface area contributed by atoms with Crippen molar-refractivity contribution in [1.29, 1.82) is 0 Å². The lowest BCUT2D eigenvalue weighted by Gasteiger charge is -2.39. The van der Waals surface area contributed by atoms with E-state index >= 15 is 0 Å². The van der Waals surface area contributed by atoms with Gasteiger partial charge >= 0.3 is 5.97 Å². The highest BCUT2D eigenvalue weighted by molar-refractivity contribution is 6.31. The number of hydrogen-bond donors (Lipinski definition) is 3. The number of halogens is 1. The second kappa shape index (κ2) is 17.7. The Kier molecular flexibility index (Phi) is 12.7. The fraction of sp³-hybridized carbons (Fsp3) is 0.525. The van der Waals surface area contributed by atoms with Crippen LogP contribution in [-0.2, 0) is 51.1 Å². The molecule has 4 aliphatic heterocycles. The maximum absolute atomic E-state index is 14.5. The number of nitrogens with zero attached hydrogens (tertiary/aromatic N) is 3. The summed E-state index contributed by atoms with van der Waals surface area (Å²) in [6.45, 7) is 3.68. The largest absolute Gasteiger partial charge is 0.461 e. The number of cyclic esters (lactones) is 1. The number of esters is 1. The Hall–Kier alpha value is -4.98. The van der Waals surface area contributed by atoms with Crippen molar-refractivity contribution in [2.24, 2.45) is 5.92 Å².